The van der Waals surface area contributed by atoms with Gasteiger partial charge in [-0.1, -0.05) is 13.8 Å². The number of halogens is 2. The summed E-state index contributed by atoms with van der Waals surface area (Å²) in [7, 11) is -3.17. The van der Waals surface area contributed by atoms with Crippen molar-refractivity contribution in [1.82, 2.24) is 14.5 Å². The van der Waals surface area contributed by atoms with Gasteiger partial charge >= 0.3 is 0 Å². The summed E-state index contributed by atoms with van der Waals surface area (Å²) in [5.41, 5.74) is 0.0747. The Hall–Kier alpha value is 0.370. The van der Waals surface area contributed by atoms with Crippen molar-refractivity contribution in [2.24, 2.45) is 11.8 Å². The second kappa shape index (κ2) is 10.1. The van der Waals surface area contributed by atoms with Crippen LogP contribution in [0.25, 0.3) is 0 Å². The van der Waals surface area contributed by atoms with Crippen LogP contribution < -0.4 is 4.72 Å². The van der Waals surface area contributed by atoms with E-state index in [4.69, 9.17) is 4.74 Å². The number of hydrogen-bond acceptors (Lipinski definition) is 5. The second-order valence-corrected chi connectivity index (χ2v) is 9.79. The summed E-state index contributed by atoms with van der Waals surface area (Å²) in [6.07, 6.45) is 1.25. The molecule has 0 aliphatic carbocycles. The van der Waals surface area contributed by atoms with Gasteiger partial charge in [-0.15, -0.1) is 24.8 Å². The molecule has 0 radical (unpaired) electrons. The molecule has 25 heavy (non-hydrogen) atoms. The van der Waals surface area contributed by atoms with Gasteiger partial charge in [0.1, 0.15) is 0 Å². The Balaban J connectivity index is 0.00000288. The molecule has 0 aromatic carbocycles. The molecule has 6 nitrogen and oxygen atoms in total. The Morgan fingerprint density at radius 1 is 1.16 bits per heavy atom. The van der Waals surface area contributed by atoms with Crippen LogP contribution in [0.4, 0.5) is 0 Å². The lowest BCUT2D eigenvalue weighted by Crippen LogP contribution is -2.55. The monoisotopic (exact) mass is 419 g/mol. The lowest BCUT2D eigenvalue weighted by molar-refractivity contribution is -0.0200. The minimum Gasteiger partial charge on any atom is -0.379 e. The van der Waals surface area contributed by atoms with E-state index in [1.54, 1.807) is 0 Å². The summed E-state index contributed by atoms with van der Waals surface area (Å²) >= 11 is 0. The molecular formula is C16H35Cl2N3O3S. The summed E-state index contributed by atoms with van der Waals surface area (Å²) in [5.74, 6) is 0.830. The maximum atomic E-state index is 11.6. The molecule has 0 unspecified atom stereocenters. The Morgan fingerprint density at radius 3 is 2.20 bits per heavy atom. The third-order valence-corrected chi connectivity index (χ3v) is 5.87. The van der Waals surface area contributed by atoms with Crippen LogP contribution in [0.3, 0.4) is 0 Å². The van der Waals surface area contributed by atoms with Gasteiger partial charge in [-0.3, -0.25) is 9.80 Å². The van der Waals surface area contributed by atoms with Crippen molar-refractivity contribution in [2.75, 3.05) is 52.2 Å². The minimum atomic E-state index is -3.17. The number of rotatable bonds is 6. The summed E-state index contributed by atoms with van der Waals surface area (Å²) in [6, 6.07) is 0.0190. The van der Waals surface area contributed by atoms with Crippen molar-refractivity contribution in [3.05, 3.63) is 0 Å². The number of morpholine rings is 1. The van der Waals surface area contributed by atoms with E-state index in [2.05, 4.69) is 42.2 Å². The molecule has 0 aromatic heterocycles. The highest BCUT2D eigenvalue weighted by atomic mass is 35.5. The summed E-state index contributed by atoms with van der Waals surface area (Å²) < 4.78 is 31.6. The number of ether oxygens (including phenoxy) is 1. The fourth-order valence-electron chi connectivity index (χ4n) is 3.93. The highest BCUT2D eigenvalue weighted by Crippen LogP contribution is 2.27. The second-order valence-electron chi connectivity index (χ2n) is 8.01. The van der Waals surface area contributed by atoms with E-state index in [-0.39, 0.29) is 36.4 Å². The first-order chi connectivity index (χ1) is 10.6. The zero-order valence-electron chi connectivity index (χ0n) is 16.0. The van der Waals surface area contributed by atoms with Crippen LogP contribution in [-0.4, -0.2) is 82.0 Å². The Morgan fingerprint density at radius 2 is 1.72 bits per heavy atom. The fraction of sp³-hybridized carbons (Fsp3) is 1.00. The van der Waals surface area contributed by atoms with Crippen LogP contribution >= 0.6 is 24.8 Å². The van der Waals surface area contributed by atoms with E-state index < -0.39 is 10.0 Å². The minimum absolute atomic E-state index is 0. The van der Waals surface area contributed by atoms with Crippen molar-refractivity contribution in [2.45, 2.75) is 39.3 Å². The number of likely N-dealkylation sites (tertiary alicyclic amines) is 1. The molecule has 9 heteroatoms. The molecule has 2 fully saturated rings. The van der Waals surface area contributed by atoms with E-state index in [0.717, 1.165) is 45.9 Å². The normalized spacial score (nSPS) is 26.3. The maximum absolute atomic E-state index is 11.6. The van der Waals surface area contributed by atoms with Crippen LogP contribution in [0, 0.1) is 11.8 Å². The summed E-state index contributed by atoms with van der Waals surface area (Å²) in [4.78, 5) is 4.90. The fourth-order valence-corrected chi connectivity index (χ4v) is 4.73. The van der Waals surface area contributed by atoms with Crippen LogP contribution in [0.1, 0.15) is 27.7 Å². The molecule has 0 spiro atoms. The third kappa shape index (κ3) is 7.48. The first kappa shape index (κ1) is 25.4. The van der Waals surface area contributed by atoms with Crippen molar-refractivity contribution < 1.29 is 13.2 Å². The summed E-state index contributed by atoms with van der Waals surface area (Å²) in [5, 5.41) is 0. The first-order valence-corrected chi connectivity index (χ1v) is 10.5. The molecule has 2 atom stereocenters. The van der Waals surface area contributed by atoms with Gasteiger partial charge in [0.25, 0.3) is 0 Å². The largest absolute Gasteiger partial charge is 0.379 e. The molecule has 0 aromatic rings. The molecule has 1 N–H and O–H groups in total. The van der Waals surface area contributed by atoms with Gasteiger partial charge in [-0.05, 0) is 25.7 Å². The quantitative estimate of drug-likeness (QED) is 0.705. The number of hydrogen-bond donors (Lipinski definition) is 1. The topological polar surface area (TPSA) is 61.9 Å². The average Bonchev–Trinajstić information content (AvgIpc) is 2.79. The lowest BCUT2D eigenvalue weighted by Gasteiger charge is -2.43. The van der Waals surface area contributed by atoms with Crippen molar-refractivity contribution in [1.29, 1.82) is 0 Å². The molecular weight excluding hydrogens is 385 g/mol. The van der Waals surface area contributed by atoms with E-state index >= 15 is 0 Å². The van der Waals surface area contributed by atoms with Gasteiger partial charge in [-0.2, -0.15) is 0 Å². The van der Waals surface area contributed by atoms with Gasteiger partial charge in [0.05, 0.1) is 19.5 Å². The molecule has 2 heterocycles. The molecule has 0 saturated carbocycles. The van der Waals surface area contributed by atoms with Crippen LogP contribution in [0.15, 0.2) is 0 Å². The molecule has 152 valence electrons. The van der Waals surface area contributed by atoms with Crippen molar-refractivity contribution in [3.8, 4) is 0 Å². The van der Waals surface area contributed by atoms with Gasteiger partial charge in [0, 0.05) is 44.3 Å². The SMILES string of the molecule is CC(C)[C@H]1CN(CC(C)(C)N2CCOCC2)C[C@@H]1NS(C)(=O)=O.Cl.Cl. The third-order valence-electron chi connectivity index (χ3n) is 5.14. The Bertz CT molecular complexity index is 497. The van der Waals surface area contributed by atoms with Crippen molar-refractivity contribution >= 4 is 34.8 Å². The molecule has 2 rings (SSSR count). The Labute approximate surface area is 165 Å². The molecule has 0 bridgehead atoms. The van der Waals surface area contributed by atoms with E-state index in [9.17, 15) is 8.42 Å². The molecule has 2 aliphatic rings. The highest BCUT2D eigenvalue weighted by molar-refractivity contribution is 7.88. The average molecular weight is 420 g/mol. The van der Waals surface area contributed by atoms with E-state index in [1.807, 2.05) is 0 Å². The zero-order valence-corrected chi connectivity index (χ0v) is 18.5. The standard InChI is InChI=1S/C16H33N3O3S.2ClH/c1-13(2)14-10-18(11-15(14)17-23(5,20)21)12-16(3,4)19-6-8-22-9-7-19;;/h13-15,17H,6-12H2,1-5H3;2*1H/t14-,15+;;/m1../s1. The van der Waals surface area contributed by atoms with Gasteiger partial charge in [-0.25, -0.2) is 13.1 Å². The smallest absolute Gasteiger partial charge is 0.209 e. The highest BCUT2D eigenvalue weighted by Gasteiger charge is 2.39. The van der Waals surface area contributed by atoms with Gasteiger partial charge in [0.2, 0.25) is 10.0 Å². The Kier molecular flexibility index (Phi) is 10.2. The predicted octanol–water partition coefficient (Wildman–Crippen LogP) is 1.45. The molecule has 2 saturated heterocycles. The maximum Gasteiger partial charge on any atom is 0.209 e. The van der Waals surface area contributed by atoms with Gasteiger partial charge < -0.3 is 4.74 Å². The molecule has 0 amide bonds. The van der Waals surface area contributed by atoms with Gasteiger partial charge in [0.15, 0.2) is 0 Å². The van der Waals surface area contributed by atoms with Crippen molar-refractivity contribution in [3.63, 3.8) is 0 Å². The molecule has 2 aliphatic heterocycles. The number of nitrogens with zero attached hydrogens (tertiary/aromatic N) is 2. The summed E-state index contributed by atoms with van der Waals surface area (Å²) in [6.45, 7) is 15.2. The van der Waals surface area contributed by atoms with Crippen LogP contribution in [-0.2, 0) is 14.8 Å². The number of nitrogens with one attached hydrogen (secondary N) is 1. The predicted molar refractivity (Wildman–Crippen MR) is 108 cm³/mol. The zero-order chi connectivity index (χ0) is 17.3. The first-order valence-electron chi connectivity index (χ1n) is 8.61. The lowest BCUT2D eigenvalue weighted by atomic mass is 9.92. The van der Waals surface area contributed by atoms with E-state index in [1.165, 1.54) is 6.26 Å². The van der Waals surface area contributed by atoms with Crippen LogP contribution in [0.2, 0.25) is 0 Å². The van der Waals surface area contributed by atoms with E-state index in [0.29, 0.717) is 11.8 Å². The van der Waals surface area contributed by atoms with Crippen LogP contribution in [0.5, 0.6) is 0 Å². The number of sulfonamides is 1.